The van der Waals surface area contributed by atoms with Gasteiger partial charge in [0.25, 0.3) is 5.91 Å². The fourth-order valence-electron chi connectivity index (χ4n) is 3.17. The number of rotatable bonds is 3. The zero-order valence-corrected chi connectivity index (χ0v) is 15.6. The minimum Gasteiger partial charge on any atom is -0.359 e. The third kappa shape index (κ3) is 3.24. The molecule has 0 bridgehead atoms. The number of hydrogen-bond acceptors (Lipinski definition) is 4. The Bertz CT molecular complexity index is 1030. The second-order valence-corrected chi connectivity index (χ2v) is 7.28. The summed E-state index contributed by atoms with van der Waals surface area (Å²) in [6, 6.07) is 11.7. The monoisotopic (exact) mass is 403 g/mol. The highest BCUT2D eigenvalue weighted by atomic mass is 32.1. The Morgan fingerprint density at radius 2 is 1.96 bits per heavy atom. The number of alkyl halides is 3. The number of amides is 1. The van der Waals surface area contributed by atoms with Crippen LogP contribution in [0.25, 0.3) is 0 Å². The lowest BCUT2D eigenvalue weighted by molar-refractivity contribution is -0.137. The first-order valence-corrected chi connectivity index (χ1v) is 9.57. The van der Waals surface area contributed by atoms with Crippen molar-refractivity contribution < 1.29 is 18.0 Å². The standard InChI is InChI=1S/C20H16F3N3OS/c1-2-17-24-16(11-28-17)18-25-15-9-4-3-8-14(15)19(27)26(18)13-7-5-6-12(10-13)20(21,22)23/h3-11,18,25H,2H2,1H3. The number of benzene rings is 2. The van der Waals surface area contributed by atoms with Crippen LogP contribution in [0.2, 0.25) is 0 Å². The van der Waals surface area contributed by atoms with Gasteiger partial charge in [-0.05, 0) is 36.8 Å². The number of anilines is 2. The van der Waals surface area contributed by atoms with E-state index in [1.54, 1.807) is 24.3 Å². The molecule has 144 valence electrons. The molecule has 1 aliphatic heterocycles. The van der Waals surface area contributed by atoms with E-state index in [0.717, 1.165) is 23.6 Å². The topological polar surface area (TPSA) is 45.2 Å². The van der Waals surface area contributed by atoms with Crippen LogP contribution >= 0.6 is 11.3 Å². The molecule has 1 unspecified atom stereocenters. The van der Waals surface area contributed by atoms with Crippen LogP contribution < -0.4 is 10.2 Å². The first-order chi connectivity index (χ1) is 13.4. The lowest BCUT2D eigenvalue weighted by Gasteiger charge is -2.37. The largest absolute Gasteiger partial charge is 0.416 e. The number of hydrogen-bond donors (Lipinski definition) is 1. The van der Waals surface area contributed by atoms with Gasteiger partial charge >= 0.3 is 6.18 Å². The Kier molecular flexibility index (Phi) is 4.58. The summed E-state index contributed by atoms with van der Waals surface area (Å²) in [5.74, 6) is -0.371. The fraction of sp³-hybridized carbons (Fsp3) is 0.200. The lowest BCUT2D eigenvalue weighted by Crippen LogP contribution is -2.43. The van der Waals surface area contributed by atoms with E-state index in [2.05, 4.69) is 10.3 Å². The number of thiazole rings is 1. The molecule has 1 aliphatic rings. The van der Waals surface area contributed by atoms with E-state index in [0.29, 0.717) is 16.9 Å². The van der Waals surface area contributed by atoms with Crippen molar-refractivity contribution in [3.63, 3.8) is 0 Å². The van der Waals surface area contributed by atoms with E-state index in [1.807, 2.05) is 12.3 Å². The molecule has 2 heterocycles. The maximum absolute atomic E-state index is 13.2. The molecule has 4 nitrogen and oxygen atoms in total. The Morgan fingerprint density at radius 3 is 2.68 bits per heavy atom. The van der Waals surface area contributed by atoms with E-state index < -0.39 is 17.9 Å². The molecule has 3 aromatic rings. The zero-order valence-electron chi connectivity index (χ0n) is 14.8. The Balaban J connectivity index is 1.85. The van der Waals surface area contributed by atoms with Crippen LogP contribution in [0.1, 0.15) is 39.7 Å². The molecule has 0 spiro atoms. The van der Waals surface area contributed by atoms with E-state index in [1.165, 1.54) is 28.4 Å². The first kappa shape index (κ1) is 18.5. The van der Waals surface area contributed by atoms with Crippen molar-refractivity contribution in [1.82, 2.24) is 4.98 Å². The maximum atomic E-state index is 13.2. The third-order valence-corrected chi connectivity index (χ3v) is 5.54. The number of para-hydroxylation sites is 1. The van der Waals surface area contributed by atoms with Crippen molar-refractivity contribution in [3.05, 3.63) is 75.7 Å². The second kappa shape index (κ2) is 6.94. The molecule has 0 aliphatic carbocycles. The minimum atomic E-state index is -4.49. The predicted octanol–water partition coefficient (Wildman–Crippen LogP) is 5.50. The number of aromatic nitrogens is 1. The molecule has 1 atom stereocenters. The fourth-order valence-corrected chi connectivity index (χ4v) is 3.94. The molecule has 0 saturated heterocycles. The molecule has 0 fully saturated rings. The smallest absolute Gasteiger partial charge is 0.359 e. The van der Waals surface area contributed by atoms with Gasteiger partial charge in [0.1, 0.15) is 0 Å². The number of carbonyl (C=O) groups excluding carboxylic acids is 1. The third-order valence-electron chi connectivity index (χ3n) is 4.53. The van der Waals surface area contributed by atoms with Crippen LogP contribution in [-0.4, -0.2) is 10.9 Å². The van der Waals surface area contributed by atoms with Crippen molar-refractivity contribution in [2.45, 2.75) is 25.7 Å². The van der Waals surface area contributed by atoms with Crippen LogP contribution in [0.3, 0.4) is 0 Å². The Labute approximate surface area is 163 Å². The summed E-state index contributed by atoms with van der Waals surface area (Å²) in [5.41, 5.74) is 0.997. The van der Waals surface area contributed by atoms with Crippen molar-refractivity contribution in [3.8, 4) is 0 Å². The van der Waals surface area contributed by atoms with E-state index in [4.69, 9.17) is 0 Å². The average Bonchev–Trinajstić information content (AvgIpc) is 3.16. The van der Waals surface area contributed by atoms with Crippen LogP contribution in [0.4, 0.5) is 24.5 Å². The molecule has 4 rings (SSSR count). The number of aryl methyl sites for hydroxylation is 1. The zero-order chi connectivity index (χ0) is 19.9. The van der Waals surface area contributed by atoms with Gasteiger partial charge in [-0.1, -0.05) is 25.1 Å². The van der Waals surface area contributed by atoms with Crippen LogP contribution in [0, 0.1) is 0 Å². The molecule has 28 heavy (non-hydrogen) atoms. The number of fused-ring (bicyclic) bond motifs is 1. The molecule has 8 heteroatoms. The van der Waals surface area contributed by atoms with Crippen molar-refractivity contribution in [1.29, 1.82) is 0 Å². The van der Waals surface area contributed by atoms with Crippen molar-refractivity contribution in [2.75, 3.05) is 10.2 Å². The quantitative estimate of drug-likeness (QED) is 0.629. The van der Waals surface area contributed by atoms with Gasteiger partial charge in [0, 0.05) is 16.8 Å². The summed E-state index contributed by atoms with van der Waals surface area (Å²) >= 11 is 1.46. The van der Waals surface area contributed by atoms with Gasteiger partial charge in [0.2, 0.25) is 0 Å². The summed E-state index contributed by atoms with van der Waals surface area (Å²) in [5, 5.41) is 5.98. The normalized spacial score (nSPS) is 16.6. The summed E-state index contributed by atoms with van der Waals surface area (Å²) in [6.07, 6.45) is -4.45. The number of halogens is 3. The number of nitrogens with zero attached hydrogens (tertiary/aromatic N) is 2. The highest BCUT2D eigenvalue weighted by Crippen LogP contribution is 2.39. The summed E-state index contributed by atoms with van der Waals surface area (Å²) in [4.78, 5) is 19.1. The van der Waals surface area contributed by atoms with E-state index in [9.17, 15) is 18.0 Å². The molecule has 0 saturated carbocycles. The van der Waals surface area contributed by atoms with Gasteiger partial charge in [-0.25, -0.2) is 4.98 Å². The molecular weight excluding hydrogens is 387 g/mol. The Hall–Kier alpha value is -2.87. The predicted molar refractivity (Wildman–Crippen MR) is 103 cm³/mol. The molecule has 0 radical (unpaired) electrons. The van der Waals surface area contributed by atoms with Crippen molar-refractivity contribution >= 4 is 28.6 Å². The number of nitrogens with one attached hydrogen (secondary N) is 1. The minimum absolute atomic E-state index is 0.165. The van der Waals surface area contributed by atoms with Crippen LogP contribution in [0.15, 0.2) is 53.9 Å². The molecule has 2 aromatic carbocycles. The van der Waals surface area contributed by atoms with E-state index in [-0.39, 0.29) is 11.6 Å². The molecule has 1 aromatic heterocycles. The van der Waals surface area contributed by atoms with Gasteiger partial charge in [-0.3, -0.25) is 9.69 Å². The summed E-state index contributed by atoms with van der Waals surface area (Å²) in [7, 11) is 0. The summed E-state index contributed by atoms with van der Waals surface area (Å²) < 4.78 is 39.6. The maximum Gasteiger partial charge on any atom is 0.416 e. The molecule has 1 amide bonds. The summed E-state index contributed by atoms with van der Waals surface area (Å²) in [6.45, 7) is 1.97. The van der Waals surface area contributed by atoms with Crippen molar-refractivity contribution in [2.24, 2.45) is 0 Å². The highest BCUT2D eigenvalue weighted by molar-refractivity contribution is 7.09. The van der Waals surface area contributed by atoms with Gasteiger partial charge in [-0.2, -0.15) is 13.2 Å². The first-order valence-electron chi connectivity index (χ1n) is 8.69. The molecule has 1 N–H and O–H groups in total. The highest BCUT2D eigenvalue weighted by Gasteiger charge is 2.37. The van der Waals surface area contributed by atoms with Gasteiger partial charge < -0.3 is 5.32 Å². The average molecular weight is 403 g/mol. The second-order valence-electron chi connectivity index (χ2n) is 6.34. The van der Waals surface area contributed by atoms with Gasteiger partial charge in [0.15, 0.2) is 6.17 Å². The van der Waals surface area contributed by atoms with Crippen LogP contribution in [-0.2, 0) is 12.6 Å². The van der Waals surface area contributed by atoms with Gasteiger partial charge in [-0.15, -0.1) is 11.3 Å². The van der Waals surface area contributed by atoms with Crippen LogP contribution in [0.5, 0.6) is 0 Å². The van der Waals surface area contributed by atoms with E-state index >= 15 is 0 Å². The Morgan fingerprint density at radius 1 is 1.18 bits per heavy atom. The molecular formula is C20H16F3N3OS. The SMILES string of the molecule is CCc1nc(C2Nc3ccccc3C(=O)N2c2cccc(C(F)(F)F)c2)cs1. The van der Waals surface area contributed by atoms with Gasteiger partial charge in [0.05, 0.1) is 21.8 Å². The number of carbonyl (C=O) groups is 1. The lowest BCUT2D eigenvalue weighted by atomic mass is 10.0.